The molecule has 3 rings (SSSR count). The average Bonchev–Trinajstić information content (AvgIpc) is 2.81. The van der Waals surface area contributed by atoms with Crippen LogP contribution in [0.25, 0.3) is 0 Å². The van der Waals surface area contributed by atoms with Crippen molar-refractivity contribution in [2.45, 2.75) is 18.4 Å². The molecule has 0 fully saturated rings. The molecule has 2 atom stereocenters. The van der Waals surface area contributed by atoms with E-state index in [1.165, 1.54) is 18.2 Å². The van der Waals surface area contributed by atoms with Crippen LogP contribution in [-0.4, -0.2) is 45.6 Å². The summed E-state index contributed by atoms with van der Waals surface area (Å²) < 4.78 is 59.0. The quantitative estimate of drug-likeness (QED) is 0.291. The van der Waals surface area contributed by atoms with Gasteiger partial charge in [0, 0.05) is 30.3 Å². The highest BCUT2D eigenvalue weighted by molar-refractivity contribution is 7.92. The second kappa shape index (κ2) is 12.7. The van der Waals surface area contributed by atoms with Crippen molar-refractivity contribution >= 4 is 38.9 Å². The van der Waals surface area contributed by atoms with E-state index < -0.39 is 27.8 Å². The van der Waals surface area contributed by atoms with Crippen LogP contribution in [0.2, 0.25) is 10.0 Å². The molecule has 6 nitrogen and oxygen atoms in total. The van der Waals surface area contributed by atoms with Crippen molar-refractivity contribution in [2.24, 2.45) is 0 Å². The van der Waals surface area contributed by atoms with Gasteiger partial charge in [-0.3, -0.25) is 4.72 Å². The maximum absolute atomic E-state index is 14.3. The molecule has 0 saturated heterocycles. The van der Waals surface area contributed by atoms with Crippen molar-refractivity contribution in [2.75, 3.05) is 30.7 Å². The highest BCUT2D eigenvalue weighted by atomic mass is 35.5. The van der Waals surface area contributed by atoms with Crippen LogP contribution in [0, 0.1) is 11.6 Å². The van der Waals surface area contributed by atoms with Crippen molar-refractivity contribution in [1.82, 2.24) is 5.32 Å². The van der Waals surface area contributed by atoms with Gasteiger partial charge in [0.05, 0.1) is 16.3 Å². The van der Waals surface area contributed by atoms with E-state index in [9.17, 15) is 22.3 Å². The Morgan fingerprint density at radius 1 is 0.972 bits per heavy atom. The van der Waals surface area contributed by atoms with Crippen LogP contribution in [0.5, 0.6) is 5.75 Å². The normalized spacial score (nSPS) is 13.3. The summed E-state index contributed by atoms with van der Waals surface area (Å²) >= 11 is 12.2. The Kier molecular flexibility index (Phi) is 9.92. The number of benzene rings is 3. The molecule has 11 heteroatoms. The molecule has 3 aromatic carbocycles. The number of anilines is 1. The van der Waals surface area contributed by atoms with Crippen molar-refractivity contribution in [3.63, 3.8) is 0 Å². The Labute approximate surface area is 219 Å². The number of halogens is 4. The Bertz CT molecular complexity index is 1260. The molecule has 3 N–H and O–H groups in total. The van der Waals surface area contributed by atoms with Crippen molar-refractivity contribution in [3.05, 3.63) is 93.5 Å². The largest absolute Gasteiger partial charge is 0.491 e. The molecule has 0 saturated carbocycles. The van der Waals surface area contributed by atoms with Crippen LogP contribution >= 0.6 is 23.2 Å². The highest BCUT2D eigenvalue weighted by Crippen LogP contribution is 2.29. The second-order valence-corrected chi connectivity index (χ2v) is 10.9. The lowest BCUT2D eigenvalue weighted by atomic mass is 9.91. The molecule has 0 aliphatic rings. The van der Waals surface area contributed by atoms with Gasteiger partial charge in [0.15, 0.2) is 0 Å². The topological polar surface area (TPSA) is 87.7 Å². The first-order chi connectivity index (χ1) is 17.0. The van der Waals surface area contributed by atoms with Gasteiger partial charge in [0.2, 0.25) is 10.0 Å². The van der Waals surface area contributed by atoms with Gasteiger partial charge in [-0.25, -0.2) is 17.2 Å². The van der Waals surface area contributed by atoms with Crippen LogP contribution in [-0.2, 0) is 16.4 Å². The minimum atomic E-state index is -3.38. The molecule has 0 spiro atoms. The third-order valence-corrected chi connectivity index (χ3v) is 6.64. The number of rotatable bonds is 12. The molecule has 0 amide bonds. The molecule has 0 bridgehead atoms. The molecule has 1 unspecified atom stereocenters. The van der Waals surface area contributed by atoms with E-state index in [1.54, 1.807) is 42.5 Å². The molecular weight excluding hydrogens is 533 g/mol. The maximum atomic E-state index is 14.3. The second-order valence-electron chi connectivity index (χ2n) is 8.30. The fraction of sp³-hybridized carbons (Fsp3) is 0.280. The van der Waals surface area contributed by atoms with Gasteiger partial charge < -0.3 is 15.2 Å². The van der Waals surface area contributed by atoms with Crippen molar-refractivity contribution < 1.29 is 27.0 Å². The fourth-order valence-corrected chi connectivity index (χ4v) is 4.43. The summed E-state index contributed by atoms with van der Waals surface area (Å²) in [5.41, 5.74) is 1.10. The zero-order valence-electron chi connectivity index (χ0n) is 19.3. The average molecular weight is 559 g/mol. The van der Waals surface area contributed by atoms with Gasteiger partial charge in [0.1, 0.15) is 30.1 Å². The molecule has 36 heavy (non-hydrogen) atoms. The summed E-state index contributed by atoms with van der Waals surface area (Å²) in [5.74, 6) is -1.16. The molecule has 0 aliphatic heterocycles. The number of sulfonamides is 1. The van der Waals surface area contributed by atoms with E-state index in [1.807, 2.05) is 0 Å². The van der Waals surface area contributed by atoms with Crippen molar-refractivity contribution in [3.8, 4) is 5.75 Å². The first kappa shape index (κ1) is 28.1. The minimum Gasteiger partial charge on any atom is -0.491 e. The molecule has 194 valence electrons. The number of aliphatic hydroxyl groups excluding tert-OH is 1. The van der Waals surface area contributed by atoms with Gasteiger partial charge in [-0.15, -0.1) is 0 Å². The predicted octanol–water partition coefficient (Wildman–Crippen LogP) is 5.00. The van der Waals surface area contributed by atoms with Crippen LogP contribution in [0.4, 0.5) is 14.5 Å². The smallest absolute Gasteiger partial charge is 0.229 e. The molecule has 0 aliphatic carbocycles. The van der Waals surface area contributed by atoms with Crippen molar-refractivity contribution in [1.29, 1.82) is 0 Å². The zero-order valence-corrected chi connectivity index (χ0v) is 21.7. The molecule has 0 radical (unpaired) electrons. The fourth-order valence-electron chi connectivity index (χ4n) is 3.56. The monoisotopic (exact) mass is 558 g/mol. The lowest BCUT2D eigenvalue weighted by molar-refractivity contribution is 0.106. The Balaban J connectivity index is 1.58. The maximum Gasteiger partial charge on any atom is 0.229 e. The molecular formula is C25H26Cl2F2N2O4S. The van der Waals surface area contributed by atoms with Gasteiger partial charge in [0.25, 0.3) is 0 Å². The van der Waals surface area contributed by atoms with E-state index in [-0.39, 0.29) is 31.1 Å². The lowest BCUT2D eigenvalue weighted by Crippen LogP contribution is -2.34. The van der Waals surface area contributed by atoms with Crippen LogP contribution in [0.1, 0.15) is 17.0 Å². The number of nitrogens with one attached hydrogen (secondary N) is 2. The van der Waals surface area contributed by atoms with Crippen LogP contribution < -0.4 is 14.8 Å². The summed E-state index contributed by atoms with van der Waals surface area (Å²) in [7, 11) is -3.38. The Hall–Kier alpha value is -2.43. The first-order valence-corrected chi connectivity index (χ1v) is 13.6. The summed E-state index contributed by atoms with van der Waals surface area (Å²) in [4.78, 5) is 0. The summed E-state index contributed by atoms with van der Waals surface area (Å²) in [6.45, 7) is 0.436. The summed E-state index contributed by atoms with van der Waals surface area (Å²) in [6.07, 6.45) is 0.252. The third-order valence-electron chi connectivity index (χ3n) is 5.30. The summed E-state index contributed by atoms with van der Waals surface area (Å²) in [6, 6.07) is 15.0. The Morgan fingerprint density at radius 3 is 2.25 bits per heavy atom. The molecule has 0 heterocycles. The number of hydrogen-bond acceptors (Lipinski definition) is 5. The number of ether oxygens (including phenoxy) is 1. The molecule has 3 aromatic rings. The van der Waals surface area contributed by atoms with Crippen LogP contribution in [0.3, 0.4) is 0 Å². The third kappa shape index (κ3) is 8.60. The van der Waals surface area contributed by atoms with E-state index in [2.05, 4.69) is 10.0 Å². The summed E-state index contributed by atoms with van der Waals surface area (Å²) in [5, 5.41) is 14.1. The highest BCUT2D eigenvalue weighted by Gasteiger charge is 2.19. The van der Waals surface area contributed by atoms with Gasteiger partial charge in [-0.05, 0) is 60.5 Å². The molecule has 0 aromatic heterocycles. The van der Waals surface area contributed by atoms with E-state index in [0.29, 0.717) is 28.0 Å². The Morgan fingerprint density at radius 2 is 1.64 bits per heavy atom. The van der Waals surface area contributed by atoms with Gasteiger partial charge >= 0.3 is 0 Å². The minimum absolute atomic E-state index is 0.0226. The standard InChI is InChI=1S/C25H26Cl2F2N2O4S/c1-36(33,34)31-18-6-8-20(9-7-18)35-15-19(32)14-30-13-17(16-5-10-22(26)23(27)12-16)11-21-24(28)3-2-4-25(21)29/h2-10,12,17,19,30-32H,11,13-15H2,1H3/t17?,19-/m0/s1. The lowest BCUT2D eigenvalue weighted by Gasteiger charge is -2.21. The zero-order chi connectivity index (χ0) is 26.3. The van der Waals surface area contributed by atoms with Gasteiger partial charge in [-0.2, -0.15) is 0 Å². The first-order valence-electron chi connectivity index (χ1n) is 11.0. The predicted molar refractivity (Wildman–Crippen MR) is 139 cm³/mol. The van der Waals surface area contributed by atoms with Crippen LogP contribution in [0.15, 0.2) is 60.7 Å². The van der Waals surface area contributed by atoms with E-state index in [0.717, 1.165) is 11.8 Å². The van der Waals surface area contributed by atoms with E-state index >= 15 is 0 Å². The number of aliphatic hydroxyl groups is 1. The van der Waals surface area contributed by atoms with E-state index in [4.69, 9.17) is 27.9 Å². The van der Waals surface area contributed by atoms with Gasteiger partial charge in [-0.1, -0.05) is 35.3 Å². The SMILES string of the molecule is CS(=O)(=O)Nc1ccc(OC[C@@H](O)CNCC(Cc2c(F)cccc2F)c2ccc(Cl)c(Cl)c2)cc1. The number of hydrogen-bond donors (Lipinski definition) is 3.